The summed E-state index contributed by atoms with van der Waals surface area (Å²) in [7, 11) is 0. The minimum absolute atomic E-state index is 0.0316. The molecule has 1 aromatic carbocycles. The molecule has 6 heteroatoms. The fraction of sp³-hybridized carbons (Fsp3) is 0.458. The molecule has 1 heterocycles. The van der Waals surface area contributed by atoms with E-state index in [4.69, 9.17) is 4.74 Å². The lowest BCUT2D eigenvalue weighted by Gasteiger charge is -2.44. The molecule has 0 fully saturated rings. The molecule has 30 heavy (non-hydrogen) atoms. The number of carbonyl (C=O) groups is 3. The van der Waals surface area contributed by atoms with Gasteiger partial charge < -0.3 is 14.7 Å². The molecule has 4 rings (SSSR count). The second kappa shape index (κ2) is 8.46. The lowest BCUT2D eigenvalue weighted by molar-refractivity contribution is -0.137. The minimum Gasteiger partial charge on any atom is -0.494 e. The summed E-state index contributed by atoms with van der Waals surface area (Å²) in [6, 6.07) is 7.64. The van der Waals surface area contributed by atoms with Crippen molar-refractivity contribution in [2.24, 2.45) is 0 Å². The van der Waals surface area contributed by atoms with E-state index in [1.54, 1.807) is 0 Å². The van der Waals surface area contributed by atoms with E-state index < -0.39 is 11.9 Å². The summed E-state index contributed by atoms with van der Waals surface area (Å²) >= 11 is 0. The number of ether oxygens (including phenoxy) is 1. The summed E-state index contributed by atoms with van der Waals surface area (Å²) in [6.45, 7) is 2.69. The van der Waals surface area contributed by atoms with Crippen molar-refractivity contribution >= 4 is 17.5 Å². The van der Waals surface area contributed by atoms with Gasteiger partial charge in [0.2, 0.25) is 0 Å². The van der Waals surface area contributed by atoms with Crippen LogP contribution in [0.1, 0.15) is 63.4 Å². The highest BCUT2D eigenvalue weighted by Gasteiger charge is 2.44. The fourth-order valence-electron chi connectivity index (χ4n) is 5.01. The first kappa shape index (κ1) is 20.4. The molecule has 0 atom stereocenters. The van der Waals surface area contributed by atoms with Crippen LogP contribution in [0.4, 0.5) is 0 Å². The first-order valence-electron chi connectivity index (χ1n) is 10.8. The molecule has 0 saturated heterocycles. The third-order valence-corrected chi connectivity index (χ3v) is 6.17. The maximum absolute atomic E-state index is 13.2. The Balaban J connectivity index is 1.93. The molecule has 0 unspecified atom stereocenters. The SMILES string of the molecule is CCOc1ccccc1C1C2=C(CCCC2=O)N(CCC(=O)O)C2=C1C(=O)CCC2. The number of hydrogen-bond donors (Lipinski definition) is 1. The topological polar surface area (TPSA) is 83.9 Å². The molecule has 0 aromatic heterocycles. The van der Waals surface area contributed by atoms with Gasteiger partial charge in [0.1, 0.15) is 5.75 Å². The molecule has 2 aliphatic carbocycles. The fourth-order valence-corrected chi connectivity index (χ4v) is 5.01. The van der Waals surface area contributed by atoms with Crippen molar-refractivity contribution in [2.75, 3.05) is 13.2 Å². The van der Waals surface area contributed by atoms with Gasteiger partial charge in [-0.25, -0.2) is 0 Å². The Labute approximate surface area is 176 Å². The molecular weight excluding hydrogens is 382 g/mol. The zero-order valence-corrected chi connectivity index (χ0v) is 17.3. The molecule has 0 radical (unpaired) electrons. The van der Waals surface area contributed by atoms with Crippen molar-refractivity contribution in [1.82, 2.24) is 4.90 Å². The zero-order valence-electron chi connectivity index (χ0n) is 17.3. The second-order valence-electron chi connectivity index (χ2n) is 7.97. The standard InChI is InChI=1S/C24H27NO5/c1-2-30-20-12-4-3-7-15(20)22-23-16(8-5-10-18(23)26)25(14-13-21(28)29)17-9-6-11-19(27)24(17)22/h3-4,7,12,22H,2,5-6,8-11,13-14H2,1H3,(H,28,29). The number of Topliss-reactive ketones (excluding diaryl/α,β-unsaturated/α-hetero) is 2. The molecule has 1 aromatic rings. The van der Waals surface area contributed by atoms with Gasteiger partial charge in [-0.05, 0) is 38.7 Å². The Morgan fingerprint density at radius 3 is 2.20 bits per heavy atom. The van der Waals surface area contributed by atoms with Crippen LogP contribution >= 0.6 is 0 Å². The number of aliphatic carboxylic acids is 1. The molecular formula is C24H27NO5. The van der Waals surface area contributed by atoms with Crippen LogP contribution in [0.25, 0.3) is 0 Å². The number of carboxylic acids is 1. The number of rotatable bonds is 6. The number of carbonyl (C=O) groups excluding carboxylic acids is 2. The van der Waals surface area contributed by atoms with Crippen molar-refractivity contribution in [3.63, 3.8) is 0 Å². The predicted molar refractivity (Wildman–Crippen MR) is 111 cm³/mol. The van der Waals surface area contributed by atoms with Crippen LogP contribution < -0.4 is 4.74 Å². The summed E-state index contributed by atoms with van der Waals surface area (Å²) in [5, 5.41) is 9.26. The lowest BCUT2D eigenvalue weighted by Crippen LogP contribution is -2.40. The first-order valence-corrected chi connectivity index (χ1v) is 10.8. The largest absolute Gasteiger partial charge is 0.494 e. The number of allylic oxidation sites excluding steroid dienone is 4. The lowest BCUT2D eigenvalue weighted by atomic mass is 9.70. The van der Waals surface area contributed by atoms with Crippen LogP contribution in [0.15, 0.2) is 46.8 Å². The van der Waals surface area contributed by atoms with Gasteiger partial charge in [0.15, 0.2) is 11.6 Å². The zero-order chi connectivity index (χ0) is 21.3. The second-order valence-corrected chi connectivity index (χ2v) is 7.97. The number of carboxylic acid groups (broad SMARTS) is 1. The van der Waals surface area contributed by atoms with Crippen molar-refractivity contribution in [3.05, 3.63) is 52.4 Å². The Hall–Kier alpha value is -2.89. The van der Waals surface area contributed by atoms with E-state index in [1.807, 2.05) is 36.1 Å². The Morgan fingerprint density at radius 2 is 1.63 bits per heavy atom. The van der Waals surface area contributed by atoms with Gasteiger partial charge in [0.05, 0.1) is 13.0 Å². The maximum Gasteiger partial charge on any atom is 0.305 e. The molecule has 0 bridgehead atoms. The van der Waals surface area contributed by atoms with Gasteiger partial charge in [-0.1, -0.05) is 18.2 Å². The van der Waals surface area contributed by atoms with Crippen LogP contribution in [-0.4, -0.2) is 40.7 Å². The average molecular weight is 409 g/mol. The summed E-state index contributed by atoms with van der Waals surface area (Å²) < 4.78 is 5.87. The number of para-hydroxylation sites is 1. The molecule has 6 nitrogen and oxygen atoms in total. The third-order valence-electron chi connectivity index (χ3n) is 6.17. The van der Waals surface area contributed by atoms with E-state index in [1.165, 1.54) is 0 Å². The van der Waals surface area contributed by atoms with E-state index in [2.05, 4.69) is 0 Å². The van der Waals surface area contributed by atoms with Gasteiger partial charge in [-0.15, -0.1) is 0 Å². The van der Waals surface area contributed by atoms with Crippen molar-refractivity contribution < 1.29 is 24.2 Å². The predicted octanol–water partition coefficient (Wildman–Crippen LogP) is 3.97. The van der Waals surface area contributed by atoms with Gasteiger partial charge in [0, 0.05) is 53.4 Å². The molecule has 0 saturated carbocycles. The van der Waals surface area contributed by atoms with Crippen LogP contribution in [0.3, 0.4) is 0 Å². The average Bonchev–Trinajstić information content (AvgIpc) is 2.72. The van der Waals surface area contributed by atoms with E-state index in [0.717, 1.165) is 42.6 Å². The van der Waals surface area contributed by atoms with Crippen molar-refractivity contribution in [3.8, 4) is 5.75 Å². The quantitative estimate of drug-likeness (QED) is 0.765. The van der Waals surface area contributed by atoms with Gasteiger partial charge >= 0.3 is 5.97 Å². The molecule has 3 aliphatic rings. The summed E-state index contributed by atoms with van der Waals surface area (Å²) in [4.78, 5) is 39.6. The highest BCUT2D eigenvalue weighted by Crippen LogP contribution is 2.50. The minimum atomic E-state index is -0.882. The number of benzene rings is 1. The first-order chi connectivity index (χ1) is 14.5. The summed E-state index contributed by atoms with van der Waals surface area (Å²) in [6.07, 6.45) is 3.81. The normalized spacial score (nSPS) is 19.7. The van der Waals surface area contributed by atoms with Crippen LogP contribution in [0, 0.1) is 0 Å². The van der Waals surface area contributed by atoms with Crippen LogP contribution in [-0.2, 0) is 14.4 Å². The maximum atomic E-state index is 13.2. The third kappa shape index (κ3) is 3.55. The molecule has 1 aliphatic heterocycles. The monoisotopic (exact) mass is 409 g/mol. The van der Waals surface area contributed by atoms with Crippen molar-refractivity contribution in [1.29, 1.82) is 0 Å². The molecule has 0 amide bonds. The summed E-state index contributed by atoms with van der Waals surface area (Å²) in [5.41, 5.74) is 3.97. The van der Waals surface area contributed by atoms with Gasteiger partial charge in [0.25, 0.3) is 0 Å². The van der Waals surface area contributed by atoms with E-state index >= 15 is 0 Å². The number of ketones is 2. The van der Waals surface area contributed by atoms with Crippen LogP contribution in [0.5, 0.6) is 5.75 Å². The van der Waals surface area contributed by atoms with Gasteiger partial charge in [-0.3, -0.25) is 14.4 Å². The van der Waals surface area contributed by atoms with Crippen LogP contribution in [0.2, 0.25) is 0 Å². The van der Waals surface area contributed by atoms with Gasteiger partial charge in [-0.2, -0.15) is 0 Å². The molecule has 0 spiro atoms. The Kier molecular flexibility index (Phi) is 5.75. The van der Waals surface area contributed by atoms with E-state index in [9.17, 15) is 19.5 Å². The highest BCUT2D eigenvalue weighted by atomic mass is 16.5. The van der Waals surface area contributed by atoms with Crippen molar-refractivity contribution in [2.45, 2.75) is 57.8 Å². The van der Waals surface area contributed by atoms with E-state index in [-0.39, 0.29) is 24.5 Å². The molecule has 158 valence electrons. The number of hydrogen-bond acceptors (Lipinski definition) is 5. The summed E-state index contributed by atoms with van der Waals surface area (Å²) in [5.74, 6) is -0.512. The smallest absolute Gasteiger partial charge is 0.305 e. The Morgan fingerprint density at radius 1 is 1.03 bits per heavy atom. The number of nitrogens with zero attached hydrogens (tertiary/aromatic N) is 1. The van der Waals surface area contributed by atoms with E-state index in [0.29, 0.717) is 36.3 Å². The Bertz CT molecular complexity index is 914. The molecule has 1 N–H and O–H groups in total. The highest BCUT2D eigenvalue weighted by molar-refractivity contribution is 6.06.